The van der Waals surface area contributed by atoms with Crippen LogP contribution in [0.4, 0.5) is 0 Å². The zero-order valence-electron chi connectivity index (χ0n) is 16.1. The number of rotatable bonds is 8. The number of nitrogens with two attached hydrogens (primary N) is 1. The average Bonchev–Trinajstić information content (AvgIpc) is 2.73. The lowest BCUT2D eigenvalue weighted by Crippen LogP contribution is -2.48. The maximum absolute atomic E-state index is 10.3. The van der Waals surface area contributed by atoms with Crippen LogP contribution in [-0.2, 0) is 0 Å². The van der Waals surface area contributed by atoms with Gasteiger partial charge in [-0.2, -0.15) is 0 Å². The van der Waals surface area contributed by atoms with E-state index < -0.39 is 24.9 Å². The van der Waals surface area contributed by atoms with E-state index in [1.807, 2.05) is 31.2 Å². The average molecular weight is 385 g/mol. The van der Waals surface area contributed by atoms with E-state index in [0.29, 0.717) is 22.9 Å². The normalized spacial score (nSPS) is 13.7. The number of ether oxygens (including phenoxy) is 1. The van der Waals surface area contributed by atoms with Gasteiger partial charge in [-0.25, -0.2) is 4.99 Å². The van der Waals surface area contributed by atoms with Crippen molar-refractivity contribution in [1.82, 2.24) is 0 Å². The van der Waals surface area contributed by atoms with Crippen LogP contribution in [0.2, 0.25) is 0 Å². The maximum Gasteiger partial charge on any atom is 0.153 e. The molecule has 0 radical (unpaired) electrons. The molecule has 5 N–H and O–H groups in total. The van der Waals surface area contributed by atoms with Crippen molar-refractivity contribution >= 4 is 12.1 Å². The minimum absolute atomic E-state index is 0.0449. The first kappa shape index (κ1) is 21.7. The van der Waals surface area contributed by atoms with Crippen LogP contribution in [0.5, 0.6) is 11.5 Å². The van der Waals surface area contributed by atoms with Gasteiger partial charge in [-0.05, 0) is 55.3 Å². The number of hydrogen-bond acceptors (Lipinski definition) is 6. The Morgan fingerprint density at radius 2 is 1.61 bits per heavy atom. The molecule has 150 valence electrons. The first-order chi connectivity index (χ1) is 13.4. The van der Waals surface area contributed by atoms with Gasteiger partial charge in [0.2, 0.25) is 0 Å². The number of aliphatic imine (C=N–C) groups is 2. The number of aliphatic hydroxyl groups excluding tert-OH is 3. The third kappa shape index (κ3) is 5.71. The molecule has 0 aliphatic carbocycles. The summed E-state index contributed by atoms with van der Waals surface area (Å²) in [5.74, 6) is 1.92. The molecule has 1 unspecified atom stereocenters. The van der Waals surface area contributed by atoms with E-state index in [-0.39, 0.29) is 6.42 Å². The molecule has 2 aromatic carbocycles. The van der Waals surface area contributed by atoms with Crippen molar-refractivity contribution in [2.75, 3.05) is 20.3 Å². The van der Waals surface area contributed by atoms with E-state index in [2.05, 4.69) is 9.98 Å². The first-order valence-corrected chi connectivity index (χ1v) is 8.97. The molecule has 0 heterocycles. The summed E-state index contributed by atoms with van der Waals surface area (Å²) >= 11 is 0. The lowest BCUT2D eigenvalue weighted by atomic mass is 9.92. The van der Waals surface area contributed by atoms with Gasteiger partial charge < -0.3 is 25.8 Å². The quantitative estimate of drug-likeness (QED) is 0.409. The first-order valence-electron chi connectivity index (χ1n) is 8.97. The lowest BCUT2D eigenvalue weighted by molar-refractivity contribution is 0.0618. The van der Waals surface area contributed by atoms with Crippen molar-refractivity contribution in [3.8, 4) is 11.5 Å². The lowest BCUT2D eigenvalue weighted by Gasteiger charge is -2.27. The molecule has 0 saturated carbocycles. The molecule has 0 spiro atoms. The van der Waals surface area contributed by atoms with Gasteiger partial charge in [-0.3, -0.25) is 4.99 Å². The van der Waals surface area contributed by atoms with Crippen LogP contribution >= 0.6 is 0 Å². The molecule has 0 aromatic heterocycles. The van der Waals surface area contributed by atoms with Gasteiger partial charge in [-0.15, -0.1) is 0 Å². The maximum atomic E-state index is 10.3. The Morgan fingerprint density at radius 3 is 2.07 bits per heavy atom. The van der Waals surface area contributed by atoms with Gasteiger partial charge >= 0.3 is 0 Å². The molecular formula is C21H27N3O4. The molecular weight excluding hydrogens is 358 g/mol. The summed E-state index contributed by atoms with van der Waals surface area (Å²) in [7, 11) is 1.69. The fraction of sp³-hybridized carbons (Fsp3) is 0.333. The van der Waals surface area contributed by atoms with Crippen LogP contribution in [0.15, 0.2) is 58.5 Å². The molecule has 0 saturated heterocycles. The summed E-state index contributed by atoms with van der Waals surface area (Å²) in [5.41, 5.74) is 6.12. The number of hydrogen-bond donors (Lipinski definition) is 4. The van der Waals surface area contributed by atoms with Gasteiger partial charge in [0.15, 0.2) is 5.84 Å². The zero-order chi connectivity index (χ0) is 20.6. The van der Waals surface area contributed by atoms with Crippen molar-refractivity contribution in [2.24, 2.45) is 15.7 Å². The Morgan fingerprint density at radius 1 is 1.07 bits per heavy atom. The van der Waals surface area contributed by atoms with Gasteiger partial charge in [0, 0.05) is 18.8 Å². The van der Waals surface area contributed by atoms with Crippen LogP contribution < -0.4 is 10.5 Å². The summed E-state index contributed by atoms with van der Waals surface area (Å²) in [5, 5.41) is 28.8. The number of aliphatic hydroxyl groups is 3. The Bertz CT molecular complexity index is 797. The zero-order valence-corrected chi connectivity index (χ0v) is 16.1. The molecule has 7 nitrogen and oxygen atoms in total. The van der Waals surface area contributed by atoms with Crippen molar-refractivity contribution < 1.29 is 20.1 Å². The van der Waals surface area contributed by atoms with Crippen LogP contribution in [0.25, 0.3) is 0 Å². The molecule has 2 aromatic rings. The summed E-state index contributed by atoms with van der Waals surface area (Å²) in [6.45, 7) is 1.02. The molecule has 28 heavy (non-hydrogen) atoms. The fourth-order valence-electron chi connectivity index (χ4n) is 2.63. The highest BCUT2D eigenvalue weighted by Crippen LogP contribution is 2.27. The molecule has 0 bridgehead atoms. The molecule has 0 aliphatic rings. The summed E-state index contributed by atoms with van der Waals surface area (Å²) in [6.07, 6.45) is 0.838. The highest BCUT2D eigenvalue weighted by molar-refractivity contribution is 6.02. The monoisotopic (exact) mass is 385 g/mol. The van der Waals surface area contributed by atoms with Crippen LogP contribution in [0.3, 0.4) is 0 Å². The number of amidine groups is 1. The van der Waals surface area contributed by atoms with Crippen LogP contribution in [0.1, 0.15) is 30.6 Å². The predicted octanol–water partition coefficient (Wildman–Crippen LogP) is 2.05. The predicted molar refractivity (Wildman–Crippen MR) is 110 cm³/mol. The molecule has 0 amide bonds. The van der Waals surface area contributed by atoms with E-state index in [9.17, 15) is 15.3 Å². The van der Waals surface area contributed by atoms with E-state index in [1.165, 1.54) is 0 Å². The molecule has 1 atom stereocenters. The van der Waals surface area contributed by atoms with Crippen molar-refractivity contribution in [3.63, 3.8) is 0 Å². The molecule has 0 fully saturated rings. The van der Waals surface area contributed by atoms with E-state index in [1.54, 1.807) is 37.5 Å². The van der Waals surface area contributed by atoms with Crippen LogP contribution in [0, 0.1) is 0 Å². The highest BCUT2D eigenvalue weighted by atomic mass is 16.5. The van der Waals surface area contributed by atoms with Crippen molar-refractivity contribution in [3.05, 3.63) is 59.7 Å². The van der Waals surface area contributed by atoms with Crippen molar-refractivity contribution in [2.45, 2.75) is 25.0 Å². The fourth-order valence-corrected chi connectivity index (χ4v) is 2.63. The minimum Gasteiger partial charge on any atom is -0.457 e. The Hall–Kier alpha value is -2.58. The summed E-state index contributed by atoms with van der Waals surface area (Å²) < 4.78 is 5.82. The summed E-state index contributed by atoms with van der Waals surface area (Å²) in [6, 6.07) is 14.4. The molecule has 7 heteroatoms. The second kappa shape index (κ2) is 10.1. The SMILES string of the molecule is C/C=N\C(=N/C)c1ccc(Oc2ccc(C(O)CC(N)(CO)CO)cc2)cc1. The van der Waals surface area contributed by atoms with Crippen LogP contribution in [-0.4, -0.2) is 53.2 Å². The van der Waals surface area contributed by atoms with E-state index in [4.69, 9.17) is 10.5 Å². The van der Waals surface area contributed by atoms with Crippen molar-refractivity contribution in [1.29, 1.82) is 0 Å². The van der Waals surface area contributed by atoms with Gasteiger partial charge in [-0.1, -0.05) is 12.1 Å². The highest BCUT2D eigenvalue weighted by Gasteiger charge is 2.27. The largest absolute Gasteiger partial charge is 0.457 e. The Kier molecular flexibility index (Phi) is 7.83. The third-order valence-corrected chi connectivity index (χ3v) is 4.31. The van der Waals surface area contributed by atoms with Gasteiger partial charge in [0.25, 0.3) is 0 Å². The minimum atomic E-state index is -1.22. The van der Waals surface area contributed by atoms with E-state index in [0.717, 1.165) is 5.56 Å². The standard InChI is InChI=1S/C21H27N3O4/c1-3-24-20(23-2)16-6-10-18(11-7-16)28-17-8-4-15(5-9-17)19(27)12-21(22,13-25)14-26/h3-11,19,25-27H,12-14,22H2,1-2H3/b23-20-,24-3-. The Labute approximate surface area is 164 Å². The number of nitrogens with zero attached hydrogens (tertiary/aromatic N) is 2. The topological polar surface area (TPSA) is 121 Å². The van der Waals surface area contributed by atoms with Gasteiger partial charge in [0.1, 0.15) is 11.5 Å². The molecule has 2 rings (SSSR count). The van der Waals surface area contributed by atoms with Gasteiger partial charge in [0.05, 0.1) is 24.9 Å². The molecule has 0 aliphatic heterocycles. The number of benzene rings is 2. The second-order valence-corrected chi connectivity index (χ2v) is 6.53. The third-order valence-electron chi connectivity index (χ3n) is 4.31. The second-order valence-electron chi connectivity index (χ2n) is 6.53. The Balaban J connectivity index is 2.04. The smallest absolute Gasteiger partial charge is 0.153 e. The summed E-state index contributed by atoms with van der Waals surface area (Å²) in [4.78, 5) is 8.35. The van der Waals surface area contributed by atoms with E-state index >= 15 is 0 Å².